The number of pyridine rings is 2. The number of carbonyl (C=O) groups excluding carboxylic acids is 1. The number of carbonyl (C=O) groups is 1. The van der Waals surface area contributed by atoms with Gasteiger partial charge in [0, 0.05) is 43.8 Å². The molecule has 0 spiro atoms. The zero-order valence-corrected chi connectivity index (χ0v) is 16.6. The van der Waals surface area contributed by atoms with E-state index >= 15 is 0 Å². The van der Waals surface area contributed by atoms with Crippen LogP contribution in [0, 0.1) is 0 Å². The molecule has 2 aromatic heterocycles. The van der Waals surface area contributed by atoms with E-state index in [1.165, 1.54) is 5.56 Å². The van der Waals surface area contributed by atoms with Crippen LogP contribution in [0.4, 0.5) is 5.69 Å². The van der Waals surface area contributed by atoms with E-state index in [0.29, 0.717) is 17.1 Å². The van der Waals surface area contributed by atoms with Gasteiger partial charge in [-0.05, 0) is 54.3 Å². The summed E-state index contributed by atoms with van der Waals surface area (Å²) < 4.78 is 0. The Morgan fingerprint density at radius 3 is 2.64 bits per heavy atom. The van der Waals surface area contributed by atoms with Crippen LogP contribution in [0.5, 0.6) is 0 Å². The second kappa shape index (κ2) is 9.85. The van der Waals surface area contributed by atoms with Crippen LogP contribution in [-0.4, -0.2) is 36.0 Å². The van der Waals surface area contributed by atoms with Gasteiger partial charge in [-0.3, -0.25) is 14.8 Å². The molecule has 3 rings (SSSR count). The molecule has 6 heteroatoms. The van der Waals surface area contributed by atoms with Gasteiger partial charge in [0.2, 0.25) is 0 Å². The summed E-state index contributed by atoms with van der Waals surface area (Å²) in [6.07, 6.45) is 8.58. The van der Waals surface area contributed by atoms with Crippen molar-refractivity contribution in [2.45, 2.75) is 12.8 Å². The maximum absolute atomic E-state index is 12.5. The predicted octanol–water partition coefficient (Wildman–Crippen LogP) is 3.78. The monoisotopic (exact) mass is 394 g/mol. The number of amides is 1. The van der Waals surface area contributed by atoms with E-state index in [0.717, 1.165) is 30.6 Å². The Morgan fingerprint density at radius 2 is 1.86 bits per heavy atom. The summed E-state index contributed by atoms with van der Waals surface area (Å²) in [7, 11) is 2.00. The first-order chi connectivity index (χ1) is 13.6. The molecule has 0 atom stereocenters. The van der Waals surface area contributed by atoms with Crippen molar-refractivity contribution < 1.29 is 4.79 Å². The Kier molecular flexibility index (Phi) is 6.98. The van der Waals surface area contributed by atoms with Crippen molar-refractivity contribution in [2.24, 2.45) is 0 Å². The smallest absolute Gasteiger partial charge is 0.252 e. The third kappa shape index (κ3) is 5.79. The Morgan fingerprint density at radius 1 is 1.04 bits per heavy atom. The lowest BCUT2D eigenvalue weighted by atomic mass is 10.1. The van der Waals surface area contributed by atoms with Crippen molar-refractivity contribution in [2.75, 3.05) is 25.0 Å². The average Bonchev–Trinajstić information content (AvgIpc) is 2.73. The number of likely N-dealkylation sites (N-methyl/N-ethyl adjacent to an activating group) is 1. The third-order valence-corrected chi connectivity index (χ3v) is 4.74. The van der Waals surface area contributed by atoms with Gasteiger partial charge >= 0.3 is 0 Å². The van der Waals surface area contributed by atoms with Crippen LogP contribution in [0.25, 0.3) is 0 Å². The lowest BCUT2D eigenvalue weighted by molar-refractivity contribution is 0.0954. The van der Waals surface area contributed by atoms with Crippen LogP contribution < -0.4 is 10.2 Å². The Bertz CT molecular complexity index is 917. The molecular weight excluding hydrogens is 372 g/mol. The minimum absolute atomic E-state index is 0.126. The predicted molar refractivity (Wildman–Crippen MR) is 113 cm³/mol. The molecule has 0 radical (unpaired) electrons. The second-order valence-electron chi connectivity index (χ2n) is 6.59. The molecule has 0 aliphatic rings. The number of hydrogen-bond acceptors (Lipinski definition) is 4. The quantitative estimate of drug-likeness (QED) is 0.631. The highest BCUT2D eigenvalue weighted by Crippen LogP contribution is 2.14. The van der Waals surface area contributed by atoms with Crippen LogP contribution in [0.3, 0.4) is 0 Å². The Hall–Kier alpha value is -2.92. The summed E-state index contributed by atoms with van der Waals surface area (Å²) in [6.45, 7) is 1.37. The zero-order valence-electron chi connectivity index (χ0n) is 15.8. The highest BCUT2D eigenvalue weighted by atomic mass is 35.5. The van der Waals surface area contributed by atoms with Crippen molar-refractivity contribution in [1.82, 2.24) is 15.3 Å². The molecule has 0 bridgehead atoms. The molecule has 1 amide bonds. The number of hydrogen-bond donors (Lipinski definition) is 1. The van der Waals surface area contributed by atoms with Crippen molar-refractivity contribution >= 4 is 23.2 Å². The summed E-state index contributed by atoms with van der Waals surface area (Å²) >= 11 is 5.99. The number of nitrogens with one attached hydrogen (secondary N) is 1. The summed E-state index contributed by atoms with van der Waals surface area (Å²) in [6, 6.07) is 13.5. The molecular formula is C22H23ClN4O. The minimum atomic E-state index is -0.126. The van der Waals surface area contributed by atoms with Gasteiger partial charge in [0.25, 0.3) is 5.91 Å². The van der Waals surface area contributed by atoms with Crippen LogP contribution in [-0.2, 0) is 12.8 Å². The number of nitrogens with zero attached hydrogens (tertiary/aromatic N) is 3. The number of rotatable bonds is 8. The van der Waals surface area contributed by atoms with Gasteiger partial charge in [0.15, 0.2) is 0 Å². The highest BCUT2D eigenvalue weighted by molar-refractivity contribution is 6.30. The molecule has 0 fully saturated rings. The van der Waals surface area contributed by atoms with Crippen LogP contribution in [0.2, 0.25) is 5.02 Å². The lowest BCUT2D eigenvalue weighted by Crippen LogP contribution is -2.26. The number of anilines is 1. The SMILES string of the molecule is CN(CCc1ccncc1)c1cncc(C(=O)NCCc2cccc(Cl)c2)c1. The molecule has 0 unspecified atom stereocenters. The largest absolute Gasteiger partial charge is 0.373 e. The van der Waals surface area contributed by atoms with E-state index in [1.807, 2.05) is 49.5 Å². The fraction of sp³-hybridized carbons (Fsp3) is 0.227. The first-order valence-corrected chi connectivity index (χ1v) is 9.57. The normalized spacial score (nSPS) is 10.5. The molecule has 0 saturated carbocycles. The standard InChI is InChI=1S/C22H23ClN4O/c1-27(12-8-17-5-9-24-10-6-17)21-14-19(15-25-16-21)22(28)26-11-7-18-3-2-4-20(23)13-18/h2-6,9-10,13-16H,7-8,11-12H2,1H3,(H,26,28). The van der Waals surface area contributed by atoms with Crippen LogP contribution in [0.1, 0.15) is 21.5 Å². The van der Waals surface area contributed by atoms with Gasteiger partial charge in [0.1, 0.15) is 0 Å². The van der Waals surface area contributed by atoms with E-state index in [2.05, 4.69) is 20.2 Å². The molecule has 28 heavy (non-hydrogen) atoms. The maximum atomic E-state index is 12.5. The van der Waals surface area contributed by atoms with E-state index in [1.54, 1.807) is 24.8 Å². The second-order valence-corrected chi connectivity index (χ2v) is 7.03. The molecule has 0 aliphatic heterocycles. The molecule has 0 aliphatic carbocycles. The minimum Gasteiger partial charge on any atom is -0.373 e. The Labute approximate surface area is 170 Å². The first-order valence-electron chi connectivity index (χ1n) is 9.19. The van der Waals surface area contributed by atoms with Crippen molar-refractivity contribution in [3.8, 4) is 0 Å². The van der Waals surface area contributed by atoms with Gasteiger partial charge in [-0.25, -0.2) is 0 Å². The van der Waals surface area contributed by atoms with E-state index in [9.17, 15) is 4.79 Å². The molecule has 144 valence electrons. The number of aromatic nitrogens is 2. The fourth-order valence-corrected chi connectivity index (χ4v) is 3.06. The zero-order chi connectivity index (χ0) is 19.8. The molecule has 3 aromatic rings. The summed E-state index contributed by atoms with van der Waals surface area (Å²) in [5.74, 6) is -0.126. The topological polar surface area (TPSA) is 58.1 Å². The lowest BCUT2D eigenvalue weighted by Gasteiger charge is -2.19. The molecule has 1 aromatic carbocycles. The fourth-order valence-electron chi connectivity index (χ4n) is 2.85. The molecule has 5 nitrogen and oxygen atoms in total. The summed E-state index contributed by atoms with van der Waals surface area (Å²) in [5.41, 5.74) is 3.79. The van der Waals surface area contributed by atoms with Gasteiger partial charge in [0.05, 0.1) is 17.4 Å². The van der Waals surface area contributed by atoms with Crippen molar-refractivity contribution in [3.05, 3.63) is 89.0 Å². The Balaban J connectivity index is 1.53. The number of halogens is 1. The third-order valence-electron chi connectivity index (χ3n) is 4.50. The van der Waals surface area contributed by atoms with Crippen LogP contribution in [0.15, 0.2) is 67.3 Å². The molecule has 0 saturated heterocycles. The van der Waals surface area contributed by atoms with Gasteiger partial charge in [-0.1, -0.05) is 23.7 Å². The maximum Gasteiger partial charge on any atom is 0.252 e. The average molecular weight is 395 g/mol. The van der Waals surface area contributed by atoms with Gasteiger partial charge in [-0.2, -0.15) is 0 Å². The van der Waals surface area contributed by atoms with Crippen LogP contribution >= 0.6 is 11.6 Å². The summed E-state index contributed by atoms with van der Waals surface area (Å²) in [5, 5.41) is 3.65. The molecule has 2 heterocycles. The van der Waals surface area contributed by atoms with Gasteiger partial charge < -0.3 is 10.2 Å². The van der Waals surface area contributed by atoms with Crippen molar-refractivity contribution in [1.29, 1.82) is 0 Å². The van der Waals surface area contributed by atoms with E-state index in [-0.39, 0.29) is 5.91 Å². The highest BCUT2D eigenvalue weighted by Gasteiger charge is 2.09. The molecule has 1 N–H and O–H groups in total. The van der Waals surface area contributed by atoms with E-state index < -0.39 is 0 Å². The van der Waals surface area contributed by atoms with Gasteiger partial charge in [-0.15, -0.1) is 0 Å². The summed E-state index contributed by atoms with van der Waals surface area (Å²) in [4.78, 5) is 22.8. The first kappa shape index (κ1) is 19.8. The van der Waals surface area contributed by atoms with Crippen molar-refractivity contribution in [3.63, 3.8) is 0 Å². The number of benzene rings is 1. The van der Waals surface area contributed by atoms with E-state index in [4.69, 9.17) is 11.6 Å².